The Morgan fingerprint density at radius 2 is 2.06 bits per heavy atom. The Morgan fingerprint density at radius 1 is 1.18 bits per heavy atom. The van der Waals surface area contributed by atoms with Gasteiger partial charge in [0.2, 0.25) is 0 Å². The number of benzene rings is 1. The summed E-state index contributed by atoms with van der Waals surface area (Å²) in [7, 11) is 0. The number of aryl methyl sites for hydroxylation is 1. The molecule has 4 heteroatoms. The van der Waals surface area contributed by atoms with Crippen LogP contribution >= 0.6 is 0 Å². The summed E-state index contributed by atoms with van der Waals surface area (Å²) in [5.74, 6) is 1.70. The van der Waals surface area contributed by atoms with E-state index in [1.54, 1.807) is 0 Å². The summed E-state index contributed by atoms with van der Waals surface area (Å²) in [6, 6.07) is 4.15. The summed E-state index contributed by atoms with van der Waals surface area (Å²) in [6.45, 7) is 5.80. The summed E-state index contributed by atoms with van der Waals surface area (Å²) < 4.78 is 17.2. The first-order valence-corrected chi connectivity index (χ1v) is 6.07. The van der Waals surface area contributed by atoms with E-state index in [4.69, 9.17) is 14.2 Å². The monoisotopic (exact) mass is 235 g/mol. The molecule has 0 saturated carbocycles. The molecule has 1 atom stereocenters. The molecule has 3 rings (SSSR count). The molecule has 0 bridgehead atoms. The van der Waals surface area contributed by atoms with Crippen molar-refractivity contribution in [1.82, 2.24) is 5.32 Å². The molecule has 0 radical (unpaired) electrons. The predicted molar refractivity (Wildman–Crippen MR) is 63.7 cm³/mol. The van der Waals surface area contributed by atoms with Crippen molar-refractivity contribution in [3.63, 3.8) is 0 Å². The second-order valence-electron chi connectivity index (χ2n) is 4.44. The van der Waals surface area contributed by atoms with Crippen molar-refractivity contribution >= 4 is 0 Å². The Morgan fingerprint density at radius 3 is 2.88 bits per heavy atom. The maximum Gasteiger partial charge on any atom is 0.167 e. The lowest BCUT2D eigenvalue weighted by Gasteiger charge is -2.28. The molecule has 0 amide bonds. The molecule has 2 heterocycles. The number of morpholine rings is 1. The molecule has 17 heavy (non-hydrogen) atoms. The lowest BCUT2D eigenvalue weighted by Crippen LogP contribution is -2.34. The zero-order valence-corrected chi connectivity index (χ0v) is 9.99. The maximum atomic E-state index is 5.79. The van der Waals surface area contributed by atoms with Crippen molar-refractivity contribution in [2.45, 2.75) is 13.0 Å². The zero-order chi connectivity index (χ0) is 11.7. The first kappa shape index (κ1) is 10.9. The third-order valence-corrected chi connectivity index (χ3v) is 3.09. The van der Waals surface area contributed by atoms with Crippen LogP contribution in [-0.2, 0) is 4.74 Å². The van der Waals surface area contributed by atoms with Crippen LogP contribution < -0.4 is 14.8 Å². The number of hydrogen-bond donors (Lipinski definition) is 1. The number of ether oxygens (including phenoxy) is 3. The van der Waals surface area contributed by atoms with Crippen LogP contribution in [0.2, 0.25) is 0 Å². The molecule has 92 valence electrons. The second-order valence-corrected chi connectivity index (χ2v) is 4.44. The lowest BCUT2D eigenvalue weighted by molar-refractivity contribution is 0.0244. The fraction of sp³-hybridized carbons (Fsp3) is 0.538. The van der Waals surface area contributed by atoms with Crippen molar-refractivity contribution < 1.29 is 14.2 Å². The van der Waals surface area contributed by atoms with Gasteiger partial charge in [-0.2, -0.15) is 0 Å². The summed E-state index contributed by atoms with van der Waals surface area (Å²) in [6.07, 6.45) is 0.0686. The Kier molecular flexibility index (Phi) is 2.91. The molecule has 1 aromatic rings. The summed E-state index contributed by atoms with van der Waals surface area (Å²) >= 11 is 0. The van der Waals surface area contributed by atoms with Crippen LogP contribution in [0.5, 0.6) is 11.5 Å². The highest BCUT2D eigenvalue weighted by molar-refractivity contribution is 5.51. The standard InChI is InChI=1S/C13H17NO3/c1-9-6-10(12-8-14-2-3-15-12)13-11(7-9)16-4-5-17-13/h6-7,12,14H,2-5,8H2,1H3. The van der Waals surface area contributed by atoms with E-state index in [0.29, 0.717) is 13.2 Å². The Hall–Kier alpha value is -1.26. The lowest BCUT2D eigenvalue weighted by atomic mass is 10.0. The van der Waals surface area contributed by atoms with Gasteiger partial charge in [0.05, 0.1) is 12.7 Å². The Labute approximate surface area is 101 Å². The summed E-state index contributed by atoms with van der Waals surface area (Å²) in [5.41, 5.74) is 2.28. The quantitative estimate of drug-likeness (QED) is 0.799. The number of hydrogen-bond acceptors (Lipinski definition) is 4. The topological polar surface area (TPSA) is 39.7 Å². The van der Waals surface area contributed by atoms with Gasteiger partial charge in [0.25, 0.3) is 0 Å². The molecule has 0 aromatic heterocycles. The third-order valence-electron chi connectivity index (χ3n) is 3.09. The average molecular weight is 235 g/mol. The van der Waals surface area contributed by atoms with E-state index in [0.717, 1.165) is 36.8 Å². The van der Waals surface area contributed by atoms with Gasteiger partial charge >= 0.3 is 0 Å². The minimum atomic E-state index is 0.0686. The zero-order valence-electron chi connectivity index (χ0n) is 9.99. The second kappa shape index (κ2) is 4.55. The van der Waals surface area contributed by atoms with Crippen molar-refractivity contribution in [3.05, 3.63) is 23.3 Å². The molecule has 1 N–H and O–H groups in total. The minimum Gasteiger partial charge on any atom is -0.486 e. The first-order valence-electron chi connectivity index (χ1n) is 6.07. The van der Waals surface area contributed by atoms with Gasteiger partial charge in [0, 0.05) is 18.7 Å². The van der Waals surface area contributed by atoms with E-state index in [-0.39, 0.29) is 6.10 Å². The van der Waals surface area contributed by atoms with Crippen LogP contribution in [0.4, 0.5) is 0 Å². The van der Waals surface area contributed by atoms with E-state index >= 15 is 0 Å². The Balaban J connectivity index is 1.98. The van der Waals surface area contributed by atoms with Gasteiger partial charge in [-0.3, -0.25) is 0 Å². The van der Waals surface area contributed by atoms with Crippen LogP contribution in [-0.4, -0.2) is 32.9 Å². The molecule has 0 spiro atoms. The maximum absolute atomic E-state index is 5.79. The first-order chi connectivity index (χ1) is 8.34. The molecule has 1 unspecified atom stereocenters. The molecular weight excluding hydrogens is 218 g/mol. The van der Waals surface area contributed by atoms with Gasteiger partial charge in [0.1, 0.15) is 13.2 Å². The molecular formula is C13H17NO3. The molecule has 1 saturated heterocycles. The van der Waals surface area contributed by atoms with Crippen molar-refractivity contribution in [2.24, 2.45) is 0 Å². The SMILES string of the molecule is Cc1cc2c(c(C3CNCCO3)c1)OCCO2. The van der Waals surface area contributed by atoms with E-state index in [1.807, 2.05) is 6.07 Å². The van der Waals surface area contributed by atoms with Gasteiger partial charge in [-0.25, -0.2) is 0 Å². The number of nitrogens with one attached hydrogen (secondary N) is 1. The number of fused-ring (bicyclic) bond motifs is 1. The van der Waals surface area contributed by atoms with Gasteiger partial charge in [-0.05, 0) is 24.6 Å². The summed E-state index contributed by atoms with van der Waals surface area (Å²) in [4.78, 5) is 0. The molecule has 1 fully saturated rings. The molecule has 4 nitrogen and oxygen atoms in total. The van der Waals surface area contributed by atoms with E-state index in [2.05, 4.69) is 18.3 Å². The van der Waals surface area contributed by atoms with Gasteiger partial charge in [-0.1, -0.05) is 0 Å². The molecule has 2 aliphatic rings. The van der Waals surface area contributed by atoms with E-state index in [1.165, 1.54) is 5.56 Å². The highest BCUT2D eigenvalue weighted by Gasteiger charge is 2.24. The van der Waals surface area contributed by atoms with Crippen LogP contribution in [0.15, 0.2) is 12.1 Å². The molecule has 0 aliphatic carbocycles. The Bertz CT molecular complexity index is 413. The van der Waals surface area contributed by atoms with E-state index in [9.17, 15) is 0 Å². The third kappa shape index (κ3) is 2.10. The van der Waals surface area contributed by atoms with Gasteiger partial charge in [-0.15, -0.1) is 0 Å². The van der Waals surface area contributed by atoms with Crippen molar-refractivity contribution in [3.8, 4) is 11.5 Å². The van der Waals surface area contributed by atoms with Crippen LogP contribution in [0, 0.1) is 6.92 Å². The fourth-order valence-corrected chi connectivity index (χ4v) is 2.33. The highest BCUT2D eigenvalue weighted by atomic mass is 16.6. The van der Waals surface area contributed by atoms with Crippen LogP contribution in [0.1, 0.15) is 17.2 Å². The average Bonchev–Trinajstić information content (AvgIpc) is 2.39. The van der Waals surface area contributed by atoms with Gasteiger partial charge < -0.3 is 19.5 Å². The summed E-state index contributed by atoms with van der Waals surface area (Å²) in [5, 5.41) is 3.34. The molecule has 1 aromatic carbocycles. The molecule has 2 aliphatic heterocycles. The normalized spacial score (nSPS) is 23.5. The smallest absolute Gasteiger partial charge is 0.167 e. The van der Waals surface area contributed by atoms with E-state index < -0.39 is 0 Å². The largest absolute Gasteiger partial charge is 0.486 e. The fourth-order valence-electron chi connectivity index (χ4n) is 2.33. The number of rotatable bonds is 1. The highest BCUT2D eigenvalue weighted by Crippen LogP contribution is 2.39. The van der Waals surface area contributed by atoms with Crippen LogP contribution in [0.3, 0.4) is 0 Å². The van der Waals surface area contributed by atoms with Crippen LogP contribution in [0.25, 0.3) is 0 Å². The minimum absolute atomic E-state index is 0.0686. The predicted octanol–water partition coefficient (Wildman–Crippen LogP) is 1.43. The van der Waals surface area contributed by atoms with Gasteiger partial charge in [0.15, 0.2) is 11.5 Å². The van der Waals surface area contributed by atoms with Crippen molar-refractivity contribution in [2.75, 3.05) is 32.9 Å². The van der Waals surface area contributed by atoms with Crippen molar-refractivity contribution in [1.29, 1.82) is 0 Å².